The van der Waals surface area contributed by atoms with E-state index in [-0.39, 0.29) is 10.8 Å². The molecule has 2 nitrogen and oxygen atoms in total. The highest BCUT2D eigenvalue weighted by Crippen LogP contribution is 2.67. The van der Waals surface area contributed by atoms with Crippen molar-refractivity contribution in [3.05, 3.63) is 11.3 Å². The van der Waals surface area contributed by atoms with Crippen LogP contribution >= 0.6 is 0 Å². The van der Waals surface area contributed by atoms with Crippen LogP contribution in [-0.2, 0) is 4.79 Å². The van der Waals surface area contributed by atoms with E-state index >= 15 is 0 Å². The number of carbonyl (C=O) groups is 1. The Morgan fingerprint density at radius 3 is 2.54 bits per heavy atom. The molecule has 0 aromatic heterocycles. The molecule has 1 fully saturated rings. The Labute approximate surface area is 79.2 Å². The zero-order chi connectivity index (χ0) is 9.85. The van der Waals surface area contributed by atoms with E-state index in [1.165, 1.54) is 0 Å². The van der Waals surface area contributed by atoms with Crippen LogP contribution in [0.4, 0.5) is 0 Å². The van der Waals surface area contributed by atoms with Crippen molar-refractivity contribution in [2.75, 3.05) is 0 Å². The molecule has 0 spiro atoms. The molecule has 2 unspecified atom stereocenters. The quantitative estimate of drug-likeness (QED) is 0.624. The van der Waals surface area contributed by atoms with Crippen LogP contribution in [0, 0.1) is 16.7 Å². The van der Waals surface area contributed by atoms with Crippen molar-refractivity contribution in [2.24, 2.45) is 22.5 Å². The molecule has 13 heavy (non-hydrogen) atoms. The summed E-state index contributed by atoms with van der Waals surface area (Å²) in [4.78, 5) is 11.2. The molecule has 2 heteroatoms. The Morgan fingerprint density at radius 1 is 1.54 bits per heavy atom. The molecule has 0 saturated heterocycles. The molecule has 0 aliphatic heterocycles. The second kappa shape index (κ2) is 2.17. The standard InChI is InChI=1S/C11H17NO/c1-7-9(12)4-8-5-11(7,6-13)10(8,2)3/h6,8H,4-5,12H2,1-3H3. The zero-order valence-electron chi connectivity index (χ0n) is 8.55. The third kappa shape index (κ3) is 0.725. The largest absolute Gasteiger partial charge is 0.402 e. The van der Waals surface area contributed by atoms with Gasteiger partial charge in [-0.2, -0.15) is 0 Å². The van der Waals surface area contributed by atoms with Gasteiger partial charge in [-0.1, -0.05) is 13.8 Å². The summed E-state index contributed by atoms with van der Waals surface area (Å²) in [6.45, 7) is 6.39. The minimum absolute atomic E-state index is 0.127. The summed E-state index contributed by atoms with van der Waals surface area (Å²) in [5.74, 6) is 0.612. The van der Waals surface area contributed by atoms with Crippen LogP contribution in [0.3, 0.4) is 0 Å². The average molecular weight is 179 g/mol. The summed E-state index contributed by atoms with van der Waals surface area (Å²) < 4.78 is 0. The highest BCUT2D eigenvalue weighted by atomic mass is 16.1. The van der Waals surface area contributed by atoms with Crippen molar-refractivity contribution in [2.45, 2.75) is 33.6 Å². The van der Waals surface area contributed by atoms with Gasteiger partial charge in [0, 0.05) is 5.70 Å². The number of hydrogen-bond acceptors (Lipinski definition) is 2. The summed E-state index contributed by atoms with van der Waals surface area (Å²) in [6, 6.07) is 0. The second-order valence-electron chi connectivity index (χ2n) is 5.07. The lowest BCUT2D eigenvalue weighted by Gasteiger charge is -2.63. The smallest absolute Gasteiger partial charge is 0.130 e. The highest BCUT2D eigenvalue weighted by Gasteiger charge is 2.63. The average Bonchev–Trinajstić information content (AvgIpc) is 2.08. The number of rotatable bonds is 1. The molecule has 2 N–H and O–H groups in total. The first kappa shape index (κ1) is 8.79. The maximum atomic E-state index is 11.2. The van der Waals surface area contributed by atoms with E-state index in [1.54, 1.807) is 0 Å². The van der Waals surface area contributed by atoms with Gasteiger partial charge in [0.1, 0.15) is 6.29 Å². The second-order valence-corrected chi connectivity index (χ2v) is 5.07. The van der Waals surface area contributed by atoms with E-state index in [1.807, 2.05) is 6.92 Å². The van der Waals surface area contributed by atoms with Gasteiger partial charge >= 0.3 is 0 Å². The van der Waals surface area contributed by atoms with Gasteiger partial charge in [-0.05, 0) is 36.7 Å². The van der Waals surface area contributed by atoms with Crippen LogP contribution in [0.5, 0.6) is 0 Å². The normalized spacial score (nSPS) is 41.3. The zero-order valence-corrected chi connectivity index (χ0v) is 8.55. The monoisotopic (exact) mass is 179 g/mol. The fraction of sp³-hybridized carbons (Fsp3) is 0.727. The molecule has 3 rings (SSSR count). The van der Waals surface area contributed by atoms with Crippen LogP contribution < -0.4 is 5.73 Å². The Kier molecular flexibility index (Phi) is 1.47. The van der Waals surface area contributed by atoms with Crippen molar-refractivity contribution < 1.29 is 4.79 Å². The summed E-state index contributed by atoms with van der Waals surface area (Å²) in [5.41, 5.74) is 7.86. The van der Waals surface area contributed by atoms with Crippen LogP contribution in [0.25, 0.3) is 0 Å². The highest BCUT2D eigenvalue weighted by molar-refractivity contribution is 5.70. The van der Waals surface area contributed by atoms with Gasteiger partial charge in [-0.25, -0.2) is 0 Å². The molecule has 0 amide bonds. The third-order valence-electron chi connectivity index (χ3n) is 4.56. The van der Waals surface area contributed by atoms with E-state index in [2.05, 4.69) is 13.8 Å². The lowest BCUT2D eigenvalue weighted by Crippen LogP contribution is -2.60. The van der Waals surface area contributed by atoms with Gasteiger partial charge in [0.25, 0.3) is 0 Å². The van der Waals surface area contributed by atoms with Gasteiger partial charge < -0.3 is 10.5 Å². The molecule has 2 bridgehead atoms. The topological polar surface area (TPSA) is 43.1 Å². The van der Waals surface area contributed by atoms with Gasteiger partial charge in [-0.15, -0.1) is 0 Å². The van der Waals surface area contributed by atoms with Gasteiger partial charge in [-0.3, -0.25) is 0 Å². The lowest BCUT2D eigenvalue weighted by molar-refractivity contribution is -0.145. The van der Waals surface area contributed by atoms with Crippen LogP contribution in [0.1, 0.15) is 33.6 Å². The molecular formula is C11H17NO. The van der Waals surface area contributed by atoms with E-state index in [4.69, 9.17) is 5.73 Å². The molecule has 0 aromatic rings. The summed E-state index contributed by atoms with van der Waals surface area (Å²) >= 11 is 0. The van der Waals surface area contributed by atoms with E-state index < -0.39 is 0 Å². The maximum Gasteiger partial charge on any atom is 0.130 e. The predicted molar refractivity (Wildman–Crippen MR) is 51.9 cm³/mol. The van der Waals surface area contributed by atoms with Gasteiger partial charge in [0.05, 0.1) is 5.41 Å². The first-order valence-corrected chi connectivity index (χ1v) is 4.88. The Hall–Kier alpha value is -0.790. The Morgan fingerprint density at radius 2 is 2.15 bits per heavy atom. The minimum atomic E-state index is -0.236. The Balaban J connectivity index is 2.53. The molecule has 0 aromatic carbocycles. The van der Waals surface area contributed by atoms with Crippen molar-refractivity contribution >= 4 is 6.29 Å². The molecule has 3 aliphatic carbocycles. The van der Waals surface area contributed by atoms with Crippen LogP contribution in [-0.4, -0.2) is 6.29 Å². The van der Waals surface area contributed by atoms with Crippen molar-refractivity contribution in [1.29, 1.82) is 0 Å². The molecule has 0 heterocycles. The fourth-order valence-electron chi connectivity index (χ4n) is 3.10. The number of allylic oxidation sites excluding steroid dienone is 2. The fourth-order valence-corrected chi connectivity index (χ4v) is 3.10. The number of fused-ring (bicyclic) bond motifs is 1. The lowest BCUT2D eigenvalue weighted by atomic mass is 9.40. The van der Waals surface area contributed by atoms with Gasteiger partial charge in [0.2, 0.25) is 0 Å². The number of aldehydes is 1. The van der Waals surface area contributed by atoms with Crippen molar-refractivity contribution in [1.82, 2.24) is 0 Å². The molecule has 2 atom stereocenters. The SMILES string of the molecule is CC1=C(N)CC2CC1(C=O)C2(C)C. The van der Waals surface area contributed by atoms with E-state index in [0.717, 1.165) is 30.4 Å². The van der Waals surface area contributed by atoms with Crippen molar-refractivity contribution in [3.63, 3.8) is 0 Å². The number of hydrogen-bond donors (Lipinski definition) is 1. The van der Waals surface area contributed by atoms with E-state index in [9.17, 15) is 4.79 Å². The molecule has 3 aliphatic rings. The third-order valence-corrected chi connectivity index (χ3v) is 4.56. The molecular weight excluding hydrogens is 162 g/mol. The van der Waals surface area contributed by atoms with Crippen molar-refractivity contribution in [3.8, 4) is 0 Å². The summed E-state index contributed by atoms with van der Waals surface area (Å²) in [6.07, 6.45) is 3.11. The predicted octanol–water partition coefficient (Wildman–Crippen LogP) is 1.85. The van der Waals surface area contributed by atoms with Gasteiger partial charge in [0.15, 0.2) is 0 Å². The molecule has 72 valence electrons. The maximum absolute atomic E-state index is 11.2. The summed E-state index contributed by atoms with van der Waals surface area (Å²) in [5, 5.41) is 0. The number of carbonyl (C=O) groups excluding carboxylic acids is 1. The first-order chi connectivity index (χ1) is 5.95. The Bertz CT molecular complexity index is 303. The minimum Gasteiger partial charge on any atom is -0.402 e. The number of nitrogens with two attached hydrogens (primary N) is 1. The van der Waals surface area contributed by atoms with Crippen LogP contribution in [0.15, 0.2) is 11.3 Å². The first-order valence-electron chi connectivity index (χ1n) is 4.88. The molecule has 0 radical (unpaired) electrons. The van der Waals surface area contributed by atoms with Crippen LogP contribution in [0.2, 0.25) is 0 Å². The summed E-state index contributed by atoms with van der Waals surface area (Å²) in [7, 11) is 0. The van der Waals surface area contributed by atoms with E-state index in [0.29, 0.717) is 5.92 Å². The molecule has 1 saturated carbocycles.